The SMILES string of the molecule is CN(Cc1cc(Br)cs1)Cc1ccc(CNC(C)(C)C)s1. The Bertz CT molecular complexity index is 569. The van der Waals surface area contributed by atoms with Crippen LogP contribution in [0.2, 0.25) is 0 Å². The minimum absolute atomic E-state index is 0.174. The van der Waals surface area contributed by atoms with Gasteiger partial charge >= 0.3 is 0 Å². The van der Waals surface area contributed by atoms with Crippen LogP contribution in [0.15, 0.2) is 28.1 Å². The number of halogens is 1. The van der Waals surface area contributed by atoms with Crippen LogP contribution in [0.4, 0.5) is 0 Å². The molecule has 0 bridgehead atoms. The molecule has 2 aromatic heterocycles. The van der Waals surface area contributed by atoms with E-state index < -0.39 is 0 Å². The molecule has 1 N–H and O–H groups in total. The van der Waals surface area contributed by atoms with Crippen LogP contribution in [0.5, 0.6) is 0 Å². The molecule has 0 aliphatic heterocycles. The second-order valence-electron chi connectivity index (χ2n) is 6.38. The molecule has 0 saturated carbocycles. The van der Waals surface area contributed by atoms with Gasteiger partial charge in [0.1, 0.15) is 0 Å². The number of thiophene rings is 2. The van der Waals surface area contributed by atoms with Crippen molar-refractivity contribution in [3.05, 3.63) is 42.7 Å². The maximum Gasteiger partial charge on any atom is 0.0329 e. The van der Waals surface area contributed by atoms with Crippen molar-refractivity contribution in [1.82, 2.24) is 10.2 Å². The van der Waals surface area contributed by atoms with E-state index in [-0.39, 0.29) is 5.54 Å². The van der Waals surface area contributed by atoms with Crippen molar-refractivity contribution in [2.24, 2.45) is 0 Å². The molecule has 5 heteroatoms. The smallest absolute Gasteiger partial charge is 0.0329 e. The van der Waals surface area contributed by atoms with Gasteiger partial charge in [0.2, 0.25) is 0 Å². The zero-order valence-corrected chi connectivity index (χ0v) is 16.3. The van der Waals surface area contributed by atoms with Crippen molar-refractivity contribution < 1.29 is 0 Å². The van der Waals surface area contributed by atoms with Crippen LogP contribution in [0.25, 0.3) is 0 Å². The summed E-state index contributed by atoms with van der Waals surface area (Å²) < 4.78 is 1.18. The van der Waals surface area contributed by atoms with E-state index >= 15 is 0 Å². The first-order chi connectivity index (χ1) is 9.82. The zero-order chi connectivity index (χ0) is 15.5. The van der Waals surface area contributed by atoms with E-state index in [1.165, 1.54) is 19.1 Å². The summed E-state index contributed by atoms with van der Waals surface area (Å²) in [5.41, 5.74) is 0.174. The number of hydrogen-bond donors (Lipinski definition) is 1. The van der Waals surface area contributed by atoms with Crippen LogP contribution in [0.1, 0.15) is 35.4 Å². The molecule has 0 unspecified atom stereocenters. The van der Waals surface area contributed by atoms with Crippen LogP contribution in [0, 0.1) is 0 Å². The van der Waals surface area contributed by atoms with E-state index in [1.54, 1.807) is 0 Å². The number of hydrogen-bond acceptors (Lipinski definition) is 4. The highest BCUT2D eigenvalue weighted by Gasteiger charge is 2.10. The molecule has 0 aliphatic carbocycles. The largest absolute Gasteiger partial charge is 0.307 e. The summed E-state index contributed by atoms with van der Waals surface area (Å²) >= 11 is 7.23. The Morgan fingerprint density at radius 3 is 2.43 bits per heavy atom. The molecule has 116 valence electrons. The lowest BCUT2D eigenvalue weighted by Gasteiger charge is -2.19. The molecule has 0 radical (unpaired) electrons. The summed E-state index contributed by atoms with van der Waals surface area (Å²) in [7, 11) is 2.18. The molecule has 2 heterocycles. The fourth-order valence-corrected chi connectivity index (χ4v) is 4.55. The van der Waals surface area contributed by atoms with E-state index in [4.69, 9.17) is 0 Å². The first kappa shape index (κ1) is 17.2. The average molecular weight is 387 g/mol. The highest BCUT2D eigenvalue weighted by molar-refractivity contribution is 9.10. The van der Waals surface area contributed by atoms with E-state index in [0.29, 0.717) is 0 Å². The van der Waals surface area contributed by atoms with E-state index in [1.807, 2.05) is 22.7 Å². The summed E-state index contributed by atoms with van der Waals surface area (Å²) in [4.78, 5) is 6.60. The number of nitrogens with zero attached hydrogens (tertiary/aromatic N) is 1. The summed E-state index contributed by atoms with van der Waals surface area (Å²) in [6.45, 7) is 9.58. The Balaban J connectivity index is 1.84. The number of nitrogens with one attached hydrogen (secondary N) is 1. The van der Waals surface area contributed by atoms with Crippen LogP contribution in [-0.4, -0.2) is 17.5 Å². The quantitative estimate of drug-likeness (QED) is 0.743. The average Bonchev–Trinajstić information content (AvgIpc) is 2.95. The minimum atomic E-state index is 0.174. The molecule has 0 amide bonds. The summed E-state index contributed by atoms with van der Waals surface area (Å²) in [5.74, 6) is 0. The van der Waals surface area contributed by atoms with E-state index in [0.717, 1.165) is 19.6 Å². The summed E-state index contributed by atoms with van der Waals surface area (Å²) in [6.07, 6.45) is 0. The fraction of sp³-hybridized carbons (Fsp3) is 0.500. The fourth-order valence-electron chi connectivity index (χ4n) is 1.98. The molecule has 0 fully saturated rings. The third-order valence-corrected chi connectivity index (χ3v) is 5.74. The standard InChI is InChI=1S/C16H23BrN2S2/c1-16(2,3)18-8-13-5-6-14(21-13)9-19(4)10-15-7-12(17)11-20-15/h5-7,11,18H,8-10H2,1-4H3. The van der Waals surface area contributed by atoms with Crippen molar-refractivity contribution in [1.29, 1.82) is 0 Å². The first-order valence-corrected chi connectivity index (χ1v) is 9.55. The lowest BCUT2D eigenvalue weighted by atomic mass is 10.1. The topological polar surface area (TPSA) is 15.3 Å². The second kappa shape index (κ2) is 7.38. The molecular formula is C16H23BrN2S2. The predicted molar refractivity (Wildman–Crippen MR) is 98.1 cm³/mol. The highest BCUT2D eigenvalue weighted by atomic mass is 79.9. The third kappa shape index (κ3) is 6.20. The molecule has 0 aromatic carbocycles. The Morgan fingerprint density at radius 2 is 1.81 bits per heavy atom. The summed E-state index contributed by atoms with van der Waals surface area (Å²) in [5, 5.41) is 5.68. The Hall–Kier alpha value is -0.200. The Kier molecular flexibility index (Phi) is 6.03. The minimum Gasteiger partial charge on any atom is -0.307 e. The van der Waals surface area contributed by atoms with Gasteiger partial charge in [-0.1, -0.05) is 0 Å². The van der Waals surface area contributed by atoms with Gasteiger partial charge in [0.05, 0.1) is 0 Å². The predicted octanol–water partition coefficient (Wildman–Crippen LogP) is 5.09. The molecule has 21 heavy (non-hydrogen) atoms. The van der Waals surface area contributed by atoms with Crippen molar-refractivity contribution >= 4 is 38.6 Å². The van der Waals surface area contributed by atoms with E-state index in [2.05, 4.69) is 77.5 Å². The van der Waals surface area contributed by atoms with Gasteiger partial charge in [0, 0.05) is 49.7 Å². The summed E-state index contributed by atoms with van der Waals surface area (Å²) in [6, 6.07) is 6.70. The van der Waals surface area contributed by atoms with Crippen LogP contribution < -0.4 is 5.32 Å². The Morgan fingerprint density at radius 1 is 1.14 bits per heavy atom. The molecule has 0 aliphatic rings. The maximum atomic E-state index is 3.54. The van der Waals surface area contributed by atoms with Gasteiger partial charge in [0.15, 0.2) is 0 Å². The molecule has 2 aromatic rings. The maximum absolute atomic E-state index is 3.54. The van der Waals surface area contributed by atoms with Crippen molar-refractivity contribution in [3.8, 4) is 0 Å². The van der Waals surface area contributed by atoms with Crippen molar-refractivity contribution in [2.45, 2.75) is 45.9 Å². The van der Waals surface area contributed by atoms with Crippen molar-refractivity contribution in [3.63, 3.8) is 0 Å². The zero-order valence-electron chi connectivity index (χ0n) is 13.1. The van der Waals surface area contributed by atoms with Crippen LogP contribution in [-0.2, 0) is 19.6 Å². The normalized spacial score (nSPS) is 12.3. The highest BCUT2D eigenvalue weighted by Crippen LogP contribution is 2.23. The Labute approximate surface area is 144 Å². The van der Waals surface area contributed by atoms with Gasteiger partial charge < -0.3 is 5.32 Å². The molecule has 0 atom stereocenters. The van der Waals surface area contributed by atoms with Gasteiger partial charge in [-0.15, -0.1) is 22.7 Å². The number of rotatable bonds is 6. The van der Waals surface area contributed by atoms with Crippen LogP contribution >= 0.6 is 38.6 Å². The second-order valence-corrected chi connectivity index (χ2v) is 9.54. The van der Waals surface area contributed by atoms with Gasteiger partial charge in [-0.25, -0.2) is 0 Å². The van der Waals surface area contributed by atoms with Gasteiger partial charge in [-0.2, -0.15) is 0 Å². The van der Waals surface area contributed by atoms with Gasteiger partial charge in [0.25, 0.3) is 0 Å². The molecular weight excluding hydrogens is 364 g/mol. The van der Waals surface area contributed by atoms with Gasteiger partial charge in [-0.3, -0.25) is 4.90 Å². The monoisotopic (exact) mass is 386 g/mol. The lowest BCUT2D eigenvalue weighted by Crippen LogP contribution is -2.34. The molecule has 2 nitrogen and oxygen atoms in total. The third-order valence-electron chi connectivity index (χ3n) is 2.98. The van der Waals surface area contributed by atoms with Crippen LogP contribution in [0.3, 0.4) is 0 Å². The molecule has 2 rings (SSSR count). The van der Waals surface area contributed by atoms with Gasteiger partial charge in [-0.05, 0) is 61.9 Å². The van der Waals surface area contributed by atoms with E-state index in [9.17, 15) is 0 Å². The molecule has 0 saturated heterocycles. The van der Waals surface area contributed by atoms with Crippen molar-refractivity contribution in [2.75, 3.05) is 7.05 Å². The molecule has 0 spiro atoms. The lowest BCUT2D eigenvalue weighted by molar-refractivity contribution is 0.325. The first-order valence-electron chi connectivity index (χ1n) is 7.06.